The number of piperazine rings is 1. The van der Waals surface area contributed by atoms with Gasteiger partial charge in [-0.2, -0.15) is 0 Å². The van der Waals surface area contributed by atoms with Crippen LogP contribution in [0.3, 0.4) is 0 Å². The number of carbonyl (C=O) groups excluding carboxylic acids is 1. The number of hydrogen-bond acceptors (Lipinski definition) is 4. The Labute approximate surface area is 125 Å². The standard InChI is InChI=1S/C13H16BrN3O3/c14-11-9-10(1-3-15-11)13(20)17-7-5-16(6-8-17)4-2-12(18)19/h1,3,9H,2,4-8H2,(H,18,19). The summed E-state index contributed by atoms with van der Waals surface area (Å²) < 4.78 is 0.642. The second-order valence-corrected chi connectivity index (χ2v) is 5.46. The molecule has 0 spiro atoms. The SMILES string of the molecule is O=C(O)CCN1CCN(C(=O)c2ccnc(Br)c2)CC1. The normalized spacial score (nSPS) is 16.1. The maximum atomic E-state index is 12.3. The van der Waals surface area contributed by atoms with Crippen LogP contribution in [0.2, 0.25) is 0 Å². The van der Waals surface area contributed by atoms with Crippen LogP contribution in [-0.2, 0) is 4.79 Å². The highest BCUT2D eigenvalue weighted by atomic mass is 79.9. The fourth-order valence-electron chi connectivity index (χ4n) is 2.15. The lowest BCUT2D eigenvalue weighted by Crippen LogP contribution is -2.49. The van der Waals surface area contributed by atoms with Crippen LogP contribution >= 0.6 is 15.9 Å². The van der Waals surface area contributed by atoms with E-state index in [2.05, 4.69) is 25.8 Å². The van der Waals surface area contributed by atoms with E-state index in [0.29, 0.717) is 42.9 Å². The van der Waals surface area contributed by atoms with E-state index in [1.165, 1.54) is 0 Å². The molecule has 1 aliphatic rings. The molecule has 0 aromatic carbocycles. The Balaban J connectivity index is 1.87. The molecule has 1 aromatic heterocycles. The zero-order valence-corrected chi connectivity index (χ0v) is 12.5. The van der Waals surface area contributed by atoms with Gasteiger partial charge in [-0.3, -0.25) is 14.5 Å². The van der Waals surface area contributed by atoms with Crippen LogP contribution in [0.4, 0.5) is 0 Å². The number of halogens is 1. The first kappa shape index (κ1) is 14.9. The number of amides is 1. The first-order chi connectivity index (χ1) is 9.56. The van der Waals surface area contributed by atoms with Crippen LogP contribution in [-0.4, -0.2) is 64.5 Å². The third-order valence-corrected chi connectivity index (χ3v) is 3.71. The molecule has 0 bridgehead atoms. The Morgan fingerprint density at radius 1 is 1.30 bits per heavy atom. The van der Waals surface area contributed by atoms with E-state index in [0.717, 1.165) is 0 Å². The Morgan fingerprint density at radius 2 is 2.00 bits per heavy atom. The minimum absolute atomic E-state index is 0.00835. The summed E-state index contributed by atoms with van der Waals surface area (Å²) in [5, 5.41) is 8.66. The lowest BCUT2D eigenvalue weighted by Gasteiger charge is -2.34. The molecular formula is C13H16BrN3O3. The molecule has 1 aromatic rings. The van der Waals surface area contributed by atoms with Gasteiger partial charge in [-0.05, 0) is 28.1 Å². The number of carbonyl (C=O) groups is 2. The second kappa shape index (κ2) is 6.81. The second-order valence-electron chi connectivity index (χ2n) is 4.64. The third-order valence-electron chi connectivity index (χ3n) is 3.27. The van der Waals surface area contributed by atoms with Gasteiger partial charge in [0.1, 0.15) is 4.60 Å². The lowest BCUT2D eigenvalue weighted by molar-refractivity contribution is -0.137. The molecule has 2 rings (SSSR count). The fourth-order valence-corrected chi connectivity index (χ4v) is 2.51. The van der Waals surface area contributed by atoms with Gasteiger partial charge in [0.15, 0.2) is 0 Å². The highest BCUT2D eigenvalue weighted by molar-refractivity contribution is 9.10. The minimum atomic E-state index is -0.787. The van der Waals surface area contributed by atoms with E-state index >= 15 is 0 Å². The molecule has 0 unspecified atom stereocenters. The molecule has 0 aliphatic carbocycles. The van der Waals surface area contributed by atoms with E-state index in [-0.39, 0.29) is 12.3 Å². The van der Waals surface area contributed by atoms with Crippen LogP contribution < -0.4 is 0 Å². The van der Waals surface area contributed by atoms with E-state index in [9.17, 15) is 9.59 Å². The van der Waals surface area contributed by atoms with E-state index in [1.807, 2.05) is 0 Å². The van der Waals surface area contributed by atoms with Gasteiger partial charge < -0.3 is 10.0 Å². The van der Waals surface area contributed by atoms with Crippen LogP contribution in [0.15, 0.2) is 22.9 Å². The van der Waals surface area contributed by atoms with Crippen molar-refractivity contribution in [3.05, 3.63) is 28.5 Å². The van der Waals surface area contributed by atoms with E-state index in [4.69, 9.17) is 5.11 Å². The number of aliphatic carboxylic acids is 1. The molecule has 108 valence electrons. The zero-order chi connectivity index (χ0) is 14.5. The summed E-state index contributed by atoms with van der Waals surface area (Å²) in [6.07, 6.45) is 1.74. The summed E-state index contributed by atoms with van der Waals surface area (Å²) in [5.41, 5.74) is 0.617. The lowest BCUT2D eigenvalue weighted by atomic mass is 10.2. The maximum Gasteiger partial charge on any atom is 0.304 e. The number of nitrogens with zero attached hydrogens (tertiary/aromatic N) is 3. The molecule has 1 saturated heterocycles. The molecule has 6 nitrogen and oxygen atoms in total. The molecule has 7 heteroatoms. The number of aromatic nitrogens is 1. The summed E-state index contributed by atoms with van der Waals surface area (Å²) in [6.45, 7) is 3.21. The molecule has 20 heavy (non-hydrogen) atoms. The minimum Gasteiger partial charge on any atom is -0.481 e. The summed E-state index contributed by atoms with van der Waals surface area (Å²) >= 11 is 3.25. The zero-order valence-electron chi connectivity index (χ0n) is 11.0. The average molecular weight is 342 g/mol. The third kappa shape index (κ3) is 4.01. The predicted molar refractivity (Wildman–Crippen MR) is 76.5 cm³/mol. The smallest absolute Gasteiger partial charge is 0.304 e. The van der Waals surface area contributed by atoms with Crippen molar-refractivity contribution >= 4 is 27.8 Å². The molecule has 0 atom stereocenters. The van der Waals surface area contributed by atoms with Crippen molar-refractivity contribution in [3.63, 3.8) is 0 Å². The summed E-state index contributed by atoms with van der Waals surface area (Å²) in [4.78, 5) is 30.7. The molecule has 0 radical (unpaired) electrons. The van der Waals surface area contributed by atoms with Crippen molar-refractivity contribution in [2.75, 3.05) is 32.7 Å². The molecular weight excluding hydrogens is 326 g/mol. The first-order valence-electron chi connectivity index (χ1n) is 6.41. The van der Waals surface area contributed by atoms with Gasteiger partial charge in [0, 0.05) is 44.5 Å². The van der Waals surface area contributed by atoms with Crippen molar-refractivity contribution in [1.29, 1.82) is 0 Å². The quantitative estimate of drug-likeness (QED) is 0.829. The first-order valence-corrected chi connectivity index (χ1v) is 7.20. The highest BCUT2D eigenvalue weighted by Crippen LogP contribution is 2.12. The monoisotopic (exact) mass is 341 g/mol. The average Bonchev–Trinajstić information content (AvgIpc) is 2.45. The number of pyridine rings is 1. The van der Waals surface area contributed by atoms with Crippen molar-refractivity contribution < 1.29 is 14.7 Å². The Morgan fingerprint density at radius 3 is 2.60 bits per heavy atom. The number of rotatable bonds is 4. The predicted octanol–water partition coefficient (Wildman–Crippen LogP) is 1.08. The summed E-state index contributed by atoms with van der Waals surface area (Å²) in [6, 6.07) is 3.41. The van der Waals surface area contributed by atoms with Crippen LogP contribution in [0.1, 0.15) is 16.8 Å². The van der Waals surface area contributed by atoms with Crippen LogP contribution in [0.25, 0.3) is 0 Å². The van der Waals surface area contributed by atoms with Crippen molar-refractivity contribution in [3.8, 4) is 0 Å². The van der Waals surface area contributed by atoms with Gasteiger partial charge in [-0.1, -0.05) is 0 Å². The molecule has 2 heterocycles. The molecule has 0 saturated carbocycles. The van der Waals surface area contributed by atoms with Gasteiger partial charge >= 0.3 is 5.97 Å². The fraction of sp³-hybridized carbons (Fsp3) is 0.462. The number of carboxylic acid groups (broad SMARTS) is 1. The largest absolute Gasteiger partial charge is 0.481 e. The Hall–Kier alpha value is -1.47. The van der Waals surface area contributed by atoms with Crippen LogP contribution in [0.5, 0.6) is 0 Å². The van der Waals surface area contributed by atoms with Crippen molar-refractivity contribution in [2.45, 2.75) is 6.42 Å². The van der Waals surface area contributed by atoms with Gasteiger partial charge in [-0.25, -0.2) is 4.98 Å². The highest BCUT2D eigenvalue weighted by Gasteiger charge is 2.22. The topological polar surface area (TPSA) is 73.7 Å². The Bertz CT molecular complexity index is 501. The number of carboxylic acids is 1. The maximum absolute atomic E-state index is 12.3. The van der Waals surface area contributed by atoms with E-state index in [1.54, 1.807) is 23.2 Å². The molecule has 1 amide bonds. The van der Waals surface area contributed by atoms with Crippen molar-refractivity contribution in [1.82, 2.24) is 14.8 Å². The molecule has 1 aliphatic heterocycles. The van der Waals surface area contributed by atoms with Gasteiger partial charge in [0.2, 0.25) is 0 Å². The molecule has 1 fully saturated rings. The molecule has 1 N–H and O–H groups in total. The van der Waals surface area contributed by atoms with E-state index < -0.39 is 5.97 Å². The number of hydrogen-bond donors (Lipinski definition) is 1. The van der Waals surface area contributed by atoms with Gasteiger partial charge in [0.25, 0.3) is 5.91 Å². The van der Waals surface area contributed by atoms with Gasteiger partial charge in [0.05, 0.1) is 6.42 Å². The van der Waals surface area contributed by atoms with Crippen molar-refractivity contribution in [2.24, 2.45) is 0 Å². The summed E-state index contributed by atoms with van der Waals surface area (Å²) in [5.74, 6) is -0.795. The van der Waals surface area contributed by atoms with Crippen LogP contribution in [0, 0.1) is 0 Å². The van der Waals surface area contributed by atoms with Gasteiger partial charge in [-0.15, -0.1) is 0 Å². The summed E-state index contributed by atoms with van der Waals surface area (Å²) in [7, 11) is 0. The Kier molecular flexibility index (Phi) is 5.08.